The van der Waals surface area contributed by atoms with E-state index < -0.39 is 41.0 Å². The Labute approximate surface area is 168 Å². The highest BCUT2D eigenvalue weighted by Gasteiger charge is 2.37. The Morgan fingerprint density at radius 1 is 0.633 bits per heavy atom. The standard InChI is InChI=1S/C20H18F6N2O2/c1-18(2,3)11-4-6-14(7-5-11)27-16(29)17(30)28-15-9-12(19(21,22)23)8-13(10-15)20(24,25)26/h4-10H,1-3H3,(H,27,29)(H,28,30). The van der Waals surface area contributed by atoms with Crippen LogP contribution in [0, 0.1) is 0 Å². The maximum Gasteiger partial charge on any atom is 0.416 e. The van der Waals surface area contributed by atoms with E-state index in [4.69, 9.17) is 0 Å². The molecule has 0 aromatic heterocycles. The molecule has 2 amide bonds. The molecule has 162 valence electrons. The Hall–Kier alpha value is -3.04. The third-order valence-corrected chi connectivity index (χ3v) is 4.06. The van der Waals surface area contributed by atoms with Crippen molar-refractivity contribution >= 4 is 23.2 Å². The smallest absolute Gasteiger partial charge is 0.318 e. The van der Waals surface area contributed by atoms with Crippen LogP contribution >= 0.6 is 0 Å². The fraction of sp³-hybridized carbons (Fsp3) is 0.300. The van der Waals surface area contributed by atoms with Crippen LogP contribution in [0.5, 0.6) is 0 Å². The van der Waals surface area contributed by atoms with Crippen LogP contribution in [0.15, 0.2) is 42.5 Å². The predicted molar refractivity (Wildman–Crippen MR) is 98.8 cm³/mol. The van der Waals surface area contributed by atoms with Gasteiger partial charge in [-0.3, -0.25) is 9.59 Å². The van der Waals surface area contributed by atoms with Gasteiger partial charge < -0.3 is 10.6 Å². The molecule has 0 unspecified atom stereocenters. The average Bonchev–Trinajstić information content (AvgIpc) is 2.59. The topological polar surface area (TPSA) is 58.2 Å². The predicted octanol–water partition coefficient (Wildman–Crippen LogP) is 5.60. The van der Waals surface area contributed by atoms with Gasteiger partial charge in [-0.15, -0.1) is 0 Å². The quantitative estimate of drug-likeness (QED) is 0.480. The van der Waals surface area contributed by atoms with Crippen molar-refractivity contribution in [2.75, 3.05) is 10.6 Å². The van der Waals surface area contributed by atoms with Crippen LogP contribution in [0.3, 0.4) is 0 Å². The molecule has 2 aromatic carbocycles. The molecule has 0 fully saturated rings. The number of alkyl halides is 6. The lowest BCUT2D eigenvalue weighted by atomic mass is 9.87. The van der Waals surface area contributed by atoms with Gasteiger partial charge in [0.05, 0.1) is 11.1 Å². The average molecular weight is 432 g/mol. The Morgan fingerprint density at radius 3 is 1.40 bits per heavy atom. The molecule has 0 aliphatic rings. The number of nitrogens with one attached hydrogen (secondary N) is 2. The highest BCUT2D eigenvalue weighted by molar-refractivity contribution is 6.43. The molecular formula is C20H18F6N2O2. The van der Waals surface area contributed by atoms with E-state index in [-0.39, 0.29) is 17.2 Å². The number of hydrogen-bond donors (Lipinski definition) is 2. The number of rotatable bonds is 2. The molecule has 0 saturated heterocycles. The largest absolute Gasteiger partial charge is 0.416 e. The van der Waals surface area contributed by atoms with Crippen LogP contribution in [0.25, 0.3) is 0 Å². The SMILES string of the molecule is CC(C)(C)c1ccc(NC(=O)C(=O)Nc2cc(C(F)(F)F)cc(C(F)(F)F)c2)cc1. The second-order valence-electron chi connectivity index (χ2n) is 7.53. The minimum Gasteiger partial charge on any atom is -0.318 e. The fourth-order valence-electron chi connectivity index (χ4n) is 2.46. The second-order valence-corrected chi connectivity index (χ2v) is 7.53. The summed E-state index contributed by atoms with van der Waals surface area (Å²) >= 11 is 0. The van der Waals surface area contributed by atoms with Crippen molar-refractivity contribution in [3.05, 3.63) is 59.2 Å². The number of hydrogen-bond acceptors (Lipinski definition) is 2. The van der Waals surface area contributed by atoms with E-state index in [0.29, 0.717) is 12.1 Å². The number of benzene rings is 2. The van der Waals surface area contributed by atoms with Crippen molar-refractivity contribution in [1.82, 2.24) is 0 Å². The van der Waals surface area contributed by atoms with E-state index in [2.05, 4.69) is 5.32 Å². The molecule has 0 bridgehead atoms. The van der Waals surface area contributed by atoms with E-state index >= 15 is 0 Å². The van der Waals surface area contributed by atoms with E-state index in [1.165, 1.54) is 12.1 Å². The Bertz CT molecular complexity index is 909. The van der Waals surface area contributed by atoms with Crippen molar-refractivity contribution in [2.45, 2.75) is 38.5 Å². The third kappa shape index (κ3) is 5.98. The number of amides is 2. The minimum absolute atomic E-state index is 0.0769. The zero-order valence-electron chi connectivity index (χ0n) is 16.1. The maximum absolute atomic E-state index is 12.9. The summed E-state index contributed by atoms with van der Waals surface area (Å²) in [6.07, 6.45) is -10.1. The molecule has 2 N–H and O–H groups in total. The lowest BCUT2D eigenvalue weighted by Crippen LogP contribution is -2.29. The summed E-state index contributed by atoms with van der Waals surface area (Å²) in [5, 5.41) is 4.01. The highest BCUT2D eigenvalue weighted by atomic mass is 19.4. The lowest BCUT2D eigenvalue weighted by molar-refractivity contribution is -0.143. The van der Waals surface area contributed by atoms with E-state index in [1.807, 2.05) is 20.8 Å². The molecule has 0 radical (unpaired) electrons. The fourth-order valence-corrected chi connectivity index (χ4v) is 2.46. The second kappa shape index (κ2) is 8.00. The summed E-state index contributed by atoms with van der Waals surface area (Å²) in [6, 6.07) is 7.05. The Balaban J connectivity index is 2.19. The number of halogens is 6. The van der Waals surface area contributed by atoms with Gasteiger partial charge in [0.2, 0.25) is 0 Å². The van der Waals surface area contributed by atoms with Gasteiger partial charge in [0.15, 0.2) is 0 Å². The highest BCUT2D eigenvalue weighted by Crippen LogP contribution is 2.37. The summed E-state index contributed by atoms with van der Waals surface area (Å²) in [5.74, 6) is -2.66. The van der Waals surface area contributed by atoms with Gasteiger partial charge in [0.25, 0.3) is 0 Å². The molecule has 0 aliphatic carbocycles. The zero-order chi connectivity index (χ0) is 22.9. The molecule has 0 spiro atoms. The maximum atomic E-state index is 12.9. The number of carbonyl (C=O) groups is 2. The molecule has 4 nitrogen and oxygen atoms in total. The van der Waals surface area contributed by atoms with Gasteiger partial charge in [0.1, 0.15) is 0 Å². The van der Waals surface area contributed by atoms with Crippen molar-refractivity contribution in [1.29, 1.82) is 0 Å². The van der Waals surface area contributed by atoms with Crippen LogP contribution < -0.4 is 10.6 Å². The Kier molecular flexibility index (Phi) is 6.20. The summed E-state index contributed by atoms with van der Waals surface area (Å²) in [5.41, 5.74) is -2.98. The van der Waals surface area contributed by atoms with E-state index in [1.54, 1.807) is 17.4 Å². The first-order chi connectivity index (χ1) is 13.6. The molecule has 0 aliphatic heterocycles. The van der Waals surface area contributed by atoms with Crippen molar-refractivity contribution in [3.8, 4) is 0 Å². The first kappa shape index (κ1) is 23.2. The molecule has 0 atom stereocenters. The van der Waals surface area contributed by atoms with Gasteiger partial charge in [-0.2, -0.15) is 26.3 Å². The minimum atomic E-state index is -5.07. The monoisotopic (exact) mass is 432 g/mol. The van der Waals surface area contributed by atoms with Crippen LogP contribution in [-0.4, -0.2) is 11.8 Å². The van der Waals surface area contributed by atoms with Gasteiger partial charge in [-0.25, -0.2) is 0 Å². The molecule has 30 heavy (non-hydrogen) atoms. The lowest BCUT2D eigenvalue weighted by Gasteiger charge is -2.19. The number of anilines is 2. The van der Waals surface area contributed by atoms with Crippen LogP contribution in [0.2, 0.25) is 0 Å². The van der Waals surface area contributed by atoms with Crippen molar-refractivity contribution in [2.24, 2.45) is 0 Å². The Morgan fingerprint density at radius 2 is 1.03 bits per heavy atom. The van der Waals surface area contributed by atoms with Crippen LogP contribution in [0.1, 0.15) is 37.5 Å². The first-order valence-electron chi connectivity index (χ1n) is 8.60. The molecular weight excluding hydrogens is 414 g/mol. The van der Waals surface area contributed by atoms with Gasteiger partial charge in [-0.05, 0) is 41.3 Å². The molecule has 2 aromatic rings. The summed E-state index contributed by atoms with van der Waals surface area (Å²) in [6.45, 7) is 5.91. The molecule has 2 rings (SSSR count). The van der Waals surface area contributed by atoms with Gasteiger partial charge in [0, 0.05) is 11.4 Å². The molecule has 10 heteroatoms. The number of carbonyl (C=O) groups excluding carboxylic acids is 2. The summed E-state index contributed by atoms with van der Waals surface area (Å²) in [7, 11) is 0. The third-order valence-electron chi connectivity index (χ3n) is 4.06. The molecule has 0 saturated carbocycles. The zero-order valence-corrected chi connectivity index (χ0v) is 16.1. The summed E-state index contributed by atoms with van der Waals surface area (Å²) < 4.78 is 77.3. The van der Waals surface area contributed by atoms with E-state index in [0.717, 1.165) is 5.56 Å². The van der Waals surface area contributed by atoms with Crippen molar-refractivity contribution in [3.63, 3.8) is 0 Å². The molecule has 0 heterocycles. The van der Waals surface area contributed by atoms with E-state index in [9.17, 15) is 35.9 Å². The normalized spacial score (nSPS) is 12.4. The van der Waals surface area contributed by atoms with Gasteiger partial charge in [-0.1, -0.05) is 32.9 Å². The van der Waals surface area contributed by atoms with Crippen LogP contribution in [-0.2, 0) is 27.4 Å². The van der Waals surface area contributed by atoms with Gasteiger partial charge >= 0.3 is 24.2 Å². The van der Waals surface area contributed by atoms with Crippen LogP contribution in [0.4, 0.5) is 37.7 Å². The van der Waals surface area contributed by atoms with Crippen molar-refractivity contribution < 1.29 is 35.9 Å². The summed E-state index contributed by atoms with van der Waals surface area (Å²) in [4.78, 5) is 24.0. The first-order valence-corrected chi connectivity index (χ1v) is 8.60.